The molecule has 0 spiro atoms. The van der Waals surface area contributed by atoms with Crippen LogP contribution >= 0.6 is 27.5 Å². The number of rotatable bonds is 6. The largest absolute Gasteiger partial charge is 0.351 e. The molecule has 0 saturated heterocycles. The number of amides is 1. The summed E-state index contributed by atoms with van der Waals surface area (Å²) >= 11 is 9.66. The third-order valence-electron chi connectivity index (χ3n) is 3.14. The molecule has 1 unspecified atom stereocenters. The molecule has 1 atom stereocenters. The van der Waals surface area contributed by atoms with Crippen molar-refractivity contribution >= 4 is 33.4 Å². The van der Waals surface area contributed by atoms with Gasteiger partial charge in [-0.25, -0.2) is 0 Å². The van der Waals surface area contributed by atoms with Gasteiger partial charge in [-0.3, -0.25) is 4.79 Å². The molecule has 0 aliphatic heterocycles. The predicted molar refractivity (Wildman–Crippen MR) is 80.2 cm³/mol. The van der Waals surface area contributed by atoms with Crippen molar-refractivity contribution in [1.29, 1.82) is 0 Å². The van der Waals surface area contributed by atoms with E-state index in [-0.39, 0.29) is 11.3 Å². The molecule has 0 heterocycles. The van der Waals surface area contributed by atoms with Crippen molar-refractivity contribution in [2.45, 2.75) is 32.1 Å². The zero-order valence-electron chi connectivity index (χ0n) is 10.7. The summed E-state index contributed by atoms with van der Waals surface area (Å²) in [6, 6.07) is 7.38. The molecule has 18 heavy (non-hydrogen) atoms. The van der Waals surface area contributed by atoms with Gasteiger partial charge >= 0.3 is 0 Å². The highest BCUT2D eigenvalue weighted by Gasteiger charge is 2.17. The zero-order chi connectivity index (χ0) is 13.5. The summed E-state index contributed by atoms with van der Waals surface area (Å²) in [5, 5.41) is 2.88. The van der Waals surface area contributed by atoms with E-state index < -0.39 is 0 Å². The van der Waals surface area contributed by atoms with Crippen LogP contribution in [0.1, 0.15) is 37.0 Å². The Labute approximate surface area is 122 Å². The Morgan fingerprint density at radius 2 is 1.94 bits per heavy atom. The van der Waals surface area contributed by atoms with Gasteiger partial charge in [0.2, 0.25) is 0 Å². The Morgan fingerprint density at radius 3 is 2.50 bits per heavy atom. The van der Waals surface area contributed by atoms with Gasteiger partial charge in [0.15, 0.2) is 0 Å². The number of alkyl halides is 1. The lowest BCUT2D eigenvalue weighted by Gasteiger charge is -2.19. The van der Waals surface area contributed by atoms with Crippen molar-refractivity contribution in [2.75, 3.05) is 6.54 Å². The molecule has 0 aliphatic rings. The molecule has 1 rings (SSSR count). The average Bonchev–Trinajstić information content (AvgIpc) is 2.38. The monoisotopic (exact) mass is 331 g/mol. The van der Waals surface area contributed by atoms with Gasteiger partial charge in [0.05, 0.1) is 10.9 Å². The topological polar surface area (TPSA) is 29.1 Å². The molecule has 1 amide bonds. The average molecular weight is 333 g/mol. The van der Waals surface area contributed by atoms with Crippen molar-refractivity contribution in [3.05, 3.63) is 34.3 Å². The smallest absolute Gasteiger partial charge is 0.252 e. The van der Waals surface area contributed by atoms with Gasteiger partial charge in [-0.05, 0) is 34.0 Å². The lowest BCUT2D eigenvalue weighted by atomic mass is 9.99. The van der Waals surface area contributed by atoms with Crippen molar-refractivity contribution in [2.24, 2.45) is 5.92 Å². The van der Waals surface area contributed by atoms with E-state index in [1.54, 1.807) is 6.07 Å². The first-order valence-corrected chi connectivity index (χ1v) is 7.49. The van der Waals surface area contributed by atoms with Crippen LogP contribution in [-0.2, 0) is 0 Å². The molecule has 1 aromatic carbocycles. The minimum atomic E-state index is -0.0842. The molecule has 0 fully saturated rings. The second-order valence-corrected chi connectivity index (χ2v) is 5.70. The van der Waals surface area contributed by atoms with Crippen LogP contribution in [0.4, 0.5) is 0 Å². The van der Waals surface area contributed by atoms with E-state index in [0.29, 0.717) is 18.0 Å². The van der Waals surface area contributed by atoms with Crippen LogP contribution in [0.15, 0.2) is 28.7 Å². The first kappa shape index (κ1) is 15.5. The third kappa shape index (κ3) is 4.29. The maximum atomic E-state index is 12.0. The normalized spacial score (nSPS) is 12.5. The van der Waals surface area contributed by atoms with Crippen LogP contribution < -0.4 is 5.32 Å². The van der Waals surface area contributed by atoms with Crippen LogP contribution in [0.5, 0.6) is 0 Å². The van der Waals surface area contributed by atoms with E-state index in [0.717, 1.165) is 17.3 Å². The van der Waals surface area contributed by atoms with E-state index in [9.17, 15) is 4.79 Å². The molecular weight excluding hydrogens is 314 g/mol. The van der Waals surface area contributed by atoms with Crippen LogP contribution in [0.3, 0.4) is 0 Å². The zero-order valence-corrected chi connectivity index (χ0v) is 13.1. The quantitative estimate of drug-likeness (QED) is 0.776. The van der Waals surface area contributed by atoms with Crippen molar-refractivity contribution < 1.29 is 4.79 Å². The summed E-state index contributed by atoms with van der Waals surface area (Å²) in [5.41, 5.74) is 0.644. The molecule has 4 heteroatoms. The summed E-state index contributed by atoms with van der Waals surface area (Å²) in [4.78, 5) is 12.0. The van der Waals surface area contributed by atoms with Crippen molar-refractivity contribution in [1.82, 2.24) is 5.32 Å². The van der Waals surface area contributed by atoms with Gasteiger partial charge in [-0.1, -0.05) is 38.8 Å². The molecule has 0 radical (unpaired) electrons. The summed E-state index contributed by atoms with van der Waals surface area (Å²) < 4.78 is 0.802. The SMILES string of the molecule is CCC(CC)C(Cl)CNC(=O)c1ccccc1Br. The van der Waals surface area contributed by atoms with E-state index >= 15 is 0 Å². The molecule has 100 valence electrons. The molecule has 0 aliphatic carbocycles. The maximum absolute atomic E-state index is 12.0. The number of hydrogen-bond acceptors (Lipinski definition) is 1. The molecule has 1 aromatic rings. The van der Waals surface area contributed by atoms with Gasteiger partial charge in [0.25, 0.3) is 5.91 Å². The summed E-state index contributed by atoms with van der Waals surface area (Å²) in [5.74, 6) is 0.366. The second-order valence-electron chi connectivity index (χ2n) is 4.28. The number of hydrogen-bond donors (Lipinski definition) is 1. The second kappa shape index (κ2) is 7.80. The maximum Gasteiger partial charge on any atom is 0.252 e. The standard InChI is InChI=1S/C14H19BrClNO/c1-3-10(4-2)13(16)9-17-14(18)11-7-5-6-8-12(11)15/h5-8,10,13H,3-4,9H2,1-2H3,(H,17,18). The van der Waals surface area contributed by atoms with Gasteiger partial charge < -0.3 is 5.32 Å². The Bertz CT molecular complexity index is 393. The Morgan fingerprint density at radius 1 is 1.33 bits per heavy atom. The Hall–Kier alpha value is -0.540. The number of carbonyl (C=O) groups excluding carboxylic acids is 1. The number of halogens is 2. The fourth-order valence-corrected chi connectivity index (χ4v) is 2.80. The molecule has 0 bridgehead atoms. The fourth-order valence-electron chi connectivity index (χ4n) is 1.90. The van der Waals surface area contributed by atoms with Crippen LogP contribution in [0, 0.1) is 5.92 Å². The Balaban J connectivity index is 2.54. The number of carbonyl (C=O) groups is 1. The highest BCUT2D eigenvalue weighted by molar-refractivity contribution is 9.10. The van der Waals surface area contributed by atoms with E-state index in [2.05, 4.69) is 35.1 Å². The Kier molecular flexibility index (Phi) is 6.72. The predicted octanol–water partition coefficient (Wildman–Crippen LogP) is 4.22. The fraction of sp³-hybridized carbons (Fsp3) is 0.500. The molecular formula is C14H19BrClNO. The van der Waals surface area contributed by atoms with Crippen molar-refractivity contribution in [3.8, 4) is 0 Å². The minimum Gasteiger partial charge on any atom is -0.351 e. The number of benzene rings is 1. The van der Waals surface area contributed by atoms with Crippen LogP contribution in [-0.4, -0.2) is 17.8 Å². The van der Waals surface area contributed by atoms with Gasteiger partial charge in [-0.15, -0.1) is 11.6 Å². The lowest BCUT2D eigenvalue weighted by molar-refractivity contribution is 0.0951. The lowest BCUT2D eigenvalue weighted by Crippen LogP contribution is -2.33. The van der Waals surface area contributed by atoms with Gasteiger partial charge in [0, 0.05) is 11.0 Å². The summed E-state index contributed by atoms with van der Waals surface area (Å²) in [6.07, 6.45) is 2.07. The minimum absolute atomic E-state index is 0.00793. The summed E-state index contributed by atoms with van der Waals surface area (Å²) in [7, 11) is 0. The molecule has 2 nitrogen and oxygen atoms in total. The van der Waals surface area contributed by atoms with Gasteiger partial charge in [0.1, 0.15) is 0 Å². The van der Waals surface area contributed by atoms with Crippen LogP contribution in [0.25, 0.3) is 0 Å². The summed E-state index contributed by atoms with van der Waals surface area (Å²) in [6.45, 7) is 4.76. The number of nitrogens with one attached hydrogen (secondary N) is 1. The highest BCUT2D eigenvalue weighted by Crippen LogP contribution is 2.19. The first-order chi connectivity index (χ1) is 8.60. The molecule has 0 saturated carbocycles. The van der Waals surface area contributed by atoms with Crippen LogP contribution in [0.2, 0.25) is 0 Å². The van der Waals surface area contributed by atoms with Crippen molar-refractivity contribution in [3.63, 3.8) is 0 Å². The van der Waals surface area contributed by atoms with E-state index in [1.807, 2.05) is 18.2 Å². The molecule has 0 aromatic heterocycles. The first-order valence-electron chi connectivity index (χ1n) is 6.26. The third-order valence-corrected chi connectivity index (χ3v) is 4.34. The molecule has 1 N–H and O–H groups in total. The van der Waals surface area contributed by atoms with Gasteiger partial charge in [-0.2, -0.15) is 0 Å². The highest BCUT2D eigenvalue weighted by atomic mass is 79.9. The van der Waals surface area contributed by atoms with E-state index in [4.69, 9.17) is 11.6 Å². The van der Waals surface area contributed by atoms with E-state index in [1.165, 1.54) is 0 Å².